The van der Waals surface area contributed by atoms with Gasteiger partial charge in [0.05, 0.1) is 12.8 Å². The number of hydrogen-bond acceptors (Lipinski definition) is 6. The average Bonchev–Trinajstić information content (AvgIpc) is 3.29. The van der Waals surface area contributed by atoms with Gasteiger partial charge in [-0.2, -0.15) is 0 Å². The predicted molar refractivity (Wildman–Crippen MR) is 92.1 cm³/mol. The van der Waals surface area contributed by atoms with E-state index in [1.807, 2.05) is 30.3 Å². The van der Waals surface area contributed by atoms with E-state index in [1.165, 1.54) is 13.2 Å². The summed E-state index contributed by atoms with van der Waals surface area (Å²) in [6.45, 7) is 3.33. The summed E-state index contributed by atoms with van der Waals surface area (Å²) in [5, 5.41) is 2.63. The Morgan fingerprint density at radius 2 is 1.96 bits per heavy atom. The third-order valence-electron chi connectivity index (χ3n) is 3.68. The second kappa shape index (κ2) is 7.69. The summed E-state index contributed by atoms with van der Waals surface area (Å²) < 4.78 is 15.9. The van der Waals surface area contributed by atoms with Gasteiger partial charge in [0.25, 0.3) is 5.91 Å². The van der Waals surface area contributed by atoms with Crippen molar-refractivity contribution < 1.29 is 23.2 Å². The molecule has 0 spiro atoms. The smallest absolute Gasteiger partial charge is 0.361 e. The van der Waals surface area contributed by atoms with E-state index in [0.717, 1.165) is 5.56 Å². The summed E-state index contributed by atoms with van der Waals surface area (Å²) in [5.74, 6) is 0.118. The monoisotopic (exact) mass is 354 g/mol. The molecule has 0 aliphatic carbocycles. The highest BCUT2D eigenvalue weighted by Gasteiger charge is 2.24. The first kappa shape index (κ1) is 17.5. The summed E-state index contributed by atoms with van der Waals surface area (Å²) in [7, 11) is 0. The van der Waals surface area contributed by atoms with Gasteiger partial charge in [0, 0.05) is 5.56 Å². The van der Waals surface area contributed by atoms with E-state index in [-0.39, 0.29) is 12.2 Å². The molecular formula is C19H18N2O5. The van der Waals surface area contributed by atoms with Gasteiger partial charge in [-0.15, -0.1) is 0 Å². The summed E-state index contributed by atoms with van der Waals surface area (Å²) in [6, 6.07) is 12.7. The van der Waals surface area contributed by atoms with Crippen LogP contribution in [-0.4, -0.2) is 23.0 Å². The number of benzene rings is 1. The summed E-state index contributed by atoms with van der Waals surface area (Å²) in [5.41, 5.74) is 0.799. The highest BCUT2D eigenvalue weighted by atomic mass is 16.5. The Balaban J connectivity index is 1.62. The maximum Gasteiger partial charge on any atom is 0.361 e. The van der Waals surface area contributed by atoms with Gasteiger partial charge in [-0.05, 0) is 38.1 Å². The lowest BCUT2D eigenvalue weighted by Crippen LogP contribution is -2.35. The summed E-state index contributed by atoms with van der Waals surface area (Å²) >= 11 is 0. The normalized spacial score (nSPS) is 11.8. The van der Waals surface area contributed by atoms with Gasteiger partial charge in [-0.25, -0.2) is 9.78 Å². The Bertz CT molecular complexity index is 884. The first-order valence-corrected chi connectivity index (χ1v) is 8.08. The maximum atomic E-state index is 12.3. The molecule has 7 nitrogen and oxygen atoms in total. The van der Waals surface area contributed by atoms with Gasteiger partial charge in [-0.1, -0.05) is 18.2 Å². The fraction of sp³-hybridized carbons (Fsp3) is 0.211. The first-order valence-electron chi connectivity index (χ1n) is 8.08. The molecule has 3 rings (SSSR count). The molecule has 1 N–H and O–H groups in total. The average molecular weight is 354 g/mol. The van der Waals surface area contributed by atoms with Crippen LogP contribution in [0.1, 0.15) is 28.9 Å². The highest BCUT2D eigenvalue weighted by Crippen LogP contribution is 2.22. The van der Waals surface area contributed by atoms with Crippen LogP contribution in [0.5, 0.6) is 0 Å². The maximum absolute atomic E-state index is 12.3. The molecule has 0 radical (unpaired) electrons. The van der Waals surface area contributed by atoms with Crippen molar-refractivity contribution in [1.82, 2.24) is 10.3 Å². The van der Waals surface area contributed by atoms with Crippen molar-refractivity contribution in [2.45, 2.75) is 26.5 Å². The SMILES string of the molecule is Cc1oc(-c2ccccc2)nc1C(=O)O[C@H](C)C(=O)NCc1ccco1. The van der Waals surface area contributed by atoms with Crippen LogP contribution in [0.15, 0.2) is 57.6 Å². The van der Waals surface area contributed by atoms with Crippen molar-refractivity contribution in [1.29, 1.82) is 0 Å². The van der Waals surface area contributed by atoms with Crippen molar-refractivity contribution in [3.05, 3.63) is 65.9 Å². The van der Waals surface area contributed by atoms with Gasteiger partial charge in [-0.3, -0.25) is 4.79 Å². The van der Waals surface area contributed by atoms with Crippen LogP contribution in [0.3, 0.4) is 0 Å². The molecule has 1 atom stereocenters. The molecule has 0 saturated heterocycles. The standard InChI is InChI=1S/C19H18N2O5/c1-12-16(21-18(25-12)14-7-4-3-5-8-14)19(23)26-13(2)17(22)20-11-15-9-6-10-24-15/h3-10,13H,11H2,1-2H3,(H,20,22)/t13-/m1/s1. The Morgan fingerprint density at radius 3 is 2.65 bits per heavy atom. The van der Waals surface area contributed by atoms with E-state index in [4.69, 9.17) is 13.6 Å². The second-order valence-electron chi connectivity index (χ2n) is 5.63. The number of rotatable bonds is 6. The molecule has 2 heterocycles. The third-order valence-corrected chi connectivity index (χ3v) is 3.68. The minimum atomic E-state index is -0.978. The lowest BCUT2D eigenvalue weighted by atomic mass is 10.2. The number of oxazole rings is 1. The molecule has 0 aliphatic rings. The van der Waals surface area contributed by atoms with Crippen molar-refractivity contribution in [2.24, 2.45) is 0 Å². The Labute approximate surface area is 150 Å². The molecule has 0 fully saturated rings. The molecule has 26 heavy (non-hydrogen) atoms. The molecule has 0 saturated carbocycles. The van der Waals surface area contributed by atoms with Gasteiger partial charge >= 0.3 is 5.97 Å². The van der Waals surface area contributed by atoms with Crippen LogP contribution in [0.2, 0.25) is 0 Å². The number of aromatic nitrogens is 1. The molecule has 2 aromatic heterocycles. The fourth-order valence-corrected chi connectivity index (χ4v) is 2.29. The lowest BCUT2D eigenvalue weighted by molar-refractivity contribution is -0.129. The first-order chi connectivity index (χ1) is 12.5. The number of amides is 1. The van der Waals surface area contributed by atoms with Gasteiger partial charge < -0.3 is 18.9 Å². The van der Waals surface area contributed by atoms with Crippen LogP contribution < -0.4 is 5.32 Å². The predicted octanol–water partition coefficient (Wildman–Crippen LogP) is 3.10. The number of aryl methyl sites for hydroxylation is 1. The number of nitrogens with zero attached hydrogens (tertiary/aromatic N) is 1. The van der Waals surface area contributed by atoms with E-state index < -0.39 is 18.0 Å². The van der Waals surface area contributed by atoms with Crippen molar-refractivity contribution in [3.8, 4) is 11.5 Å². The molecular weight excluding hydrogens is 336 g/mol. The molecule has 0 aliphatic heterocycles. The van der Waals surface area contributed by atoms with Crippen molar-refractivity contribution in [2.75, 3.05) is 0 Å². The summed E-state index contributed by atoms with van der Waals surface area (Å²) in [6.07, 6.45) is 0.538. The molecule has 1 aromatic carbocycles. The largest absolute Gasteiger partial charge is 0.467 e. The van der Waals surface area contributed by atoms with E-state index in [9.17, 15) is 9.59 Å². The number of nitrogens with one attached hydrogen (secondary N) is 1. The topological polar surface area (TPSA) is 94.6 Å². The van der Waals surface area contributed by atoms with E-state index in [0.29, 0.717) is 17.4 Å². The molecule has 3 aromatic rings. The third kappa shape index (κ3) is 4.00. The summed E-state index contributed by atoms with van der Waals surface area (Å²) in [4.78, 5) is 28.5. The van der Waals surface area contributed by atoms with Crippen LogP contribution in [-0.2, 0) is 16.1 Å². The Hall–Kier alpha value is -3.35. The number of hydrogen-bond donors (Lipinski definition) is 1. The molecule has 7 heteroatoms. The zero-order chi connectivity index (χ0) is 18.5. The van der Waals surface area contributed by atoms with E-state index in [1.54, 1.807) is 19.1 Å². The lowest BCUT2D eigenvalue weighted by Gasteiger charge is -2.12. The van der Waals surface area contributed by atoms with Crippen molar-refractivity contribution >= 4 is 11.9 Å². The number of furan rings is 1. The van der Waals surface area contributed by atoms with E-state index in [2.05, 4.69) is 10.3 Å². The minimum absolute atomic E-state index is 0.0505. The molecule has 1 amide bonds. The van der Waals surface area contributed by atoms with Gasteiger partial charge in [0.1, 0.15) is 11.5 Å². The minimum Gasteiger partial charge on any atom is -0.467 e. The van der Waals surface area contributed by atoms with Crippen LogP contribution >= 0.6 is 0 Å². The van der Waals surface area contributed by atoms with Crippen molar-refractivity contribution in [3.63, 3.8) is 0 Å². The quantitative estimate of drug-likeness (QED) is 0.684. The number of carbonyl (C=O) groups excluding carboxylic acids is 2. The number of carbonyl (C=O) groups is 2. The van der Waals surface area contributed by atoms with Crippen LogP contribution in [0, 0.1) is 6.92 Å². The molecule has 0 unspecified atom stereocenters. The Kier molecular flexibility index (Phi) is 5.17. The fourth-order valence-electron chi connectivity index (χ4n) is 2.29. The number of ether oxygens (including phenoxy) is 1. The molecule has 134 valence electrons. The van der Waals surface area contributed by atoms with Gasteiger partial charge in [0.2, 0.25) is 5.89 Å². The zero-order valence-electron chi connectivity index (χ0n) is 14.4. The van der Waals surface area contributed by atoms with E-state index >= 15 is 0 Å². The zero-order valence-corrected chi connectivity index (χ0v) is 14.4. The Morgan fingerprint density at radius 1 is 1.19 bits per heavy atom. The van der Waals surface area contributed by atoms with Gasteiger partial charge in [0.15, 0.2) is 11.8 Å². The van der Waals surface area contributed by atoms with Crippen LogP contribution in [0.4, 0.5) is 0 Å². The highest BCUT2D eigenvalue weighted by molar-refractivity contribution is 5.91. The number of esters is 1. The second-order valence-corrected chi connectivity index (χ2v) is 5.63. The van der Waals surface area contributed by atoms with Crippen LogP contribution in [0.25, 0.3) is 11.5 Å². The molecule has 0 bridgehead atoms.